The van der Waals surface area contributed by atoms with Crippen LogP contribution in [0.1, 0.15) is 16.8 Å². The molecule has 0 spiro atoms. The van der Waals surface area contributed by atoms with Crippen molar-refractivity contribution in [1.29, 1.82) is 0 Å². The Kier molecular flexibility index (Phi) is 5.92. The second-order valence-electron chi connectivity index (χ2n) is 4.58. The maximum absolute atomic E-state index is 11.8. The fraction of sp³-hybridized carbons (Fsp3) is 0.188. The van der Waals surface area contributed by atoms with E-state index in [-0.39, 0.29) is 16.7 Å². The van der Waals surface area contributed by atoms with Gasteiger partial charge in [-0.1, -0.05) is 23.2 Å². The number of benzene rings is 2. The smallest absolute Gasteiger partial charge is 0.251 e. The van der Waals surface area contributed by atoms with Crippen molar-refractivity contribution >= 4 is 29.1 Å². The van der Waals surface area contributed by atoms with Gasteiger partial charge in [0.1, 0.15) is 11.5 Å². The first kappa shape index (κ1) is 16.5. The van der Waals surface area contributed by atoms with Crippen LogP contribution in [0.2, 0.25) is 10.0 Å². The second kappa shape index (κ2) is 7.92. The first-order chi connectivity index (χ1) is 10.6. The van der Waals surface area contributed by atoms with E-state index in [1.54, 1.807) is 36.4 Å². The summed E-state index contributed by atoms with van der Waals surface area (Å²) in [6.07, 6.45) is 0.651. The lowest BCUT2D eigenvalue weighted by molar-refractivity contribution is 0.0951. The number of hydrogen-bond donors (Lipinski definition) is 2. The molecule has 116 valence electrons. The van der Waals surface area contributed by atoms with Crippen LogP contribution in [0.4, 0.5) is 0 Å². The summed E-state index contributed by atoms with van der Waals surface area (Å²) >= 11 is 11.5. The zero-order chi connectivity index (χ0) is 15.9. The molecule has 2 N–H and O–H groups in total. The third kappa shape index (κ3) is 4.83. The molecule has 0 saturated carbocycles. The molecule has 0 aliphatic carbocycles. The minimum atomic E-state index is -0.149. The van der Waals surface area contributed by atoms with Crippen LogP contribution in [-0.4, -0.2) is 24.2 Å². The topological polar surface area (TPSA) is 58.6 Å². The Morgan fingerprint density at radius 1 is 1.14 bits per heavy atom. The molecule has 1 amide bonds. The molecular weight excluding hydrogens is 325 g/mol. The number of phenolic OH excluding ortho intramolecular Hbond substituents is 1. The van der Waals surface area contributed by atoms with Crippen molar-refractivity contribution in [3.8, 4) is 11.5 Å². The van der Waals surface area contributed by atoms with E-state index in [0.717, 1.165) is 0 Å². The van der Waals surface area contributed by atoms with Crippen LogP contribution in [-0.2, 0) is 0 Å². The predicted molar refractivity (Wildman–Crippen MR) is 87.0 cm³/mol. The number of aromatic hydroxyl groups is 1. The summed E-state index contributed by atoms with van der Waals surface area (Å²) in [5, 5.41) is 12.9. The van der Waals surface area contributed by atoms with Gasteiger partial charge in [-0.2, -0.15) is 0 Å². The van der Waals surface area contributed by atoms with Gasteiger partial charge in [-0.25, -0.2) is 0 Å². The van der Waals surface area contributed by atoms with Crippen LogP contribution in [0.3, 0.4) is 0 Å². The molecule has 0 aliphatic heterocycles. The van der Waals surface area contributed by atoms with Crippen molar-refractivity contribution in [2.24, 2.45) is 0 Å². The van der Waals surface area contributed by atoms with Crippen LogP contribution in [0, 0.1) is 0 Å². The Balaban J connectivity index is 1.69. The fourth-order valence-electron chi connectivity index (χ4n) is 1.74. The lowest BCUT2D eigenvalue weighted by Crippen LogP contribution is -2.25. The van der Waals surface area contributed by atoms with E-state index in [1.165, 1.54) is 6.07 Å². The predicted octanol–water partition coefficient (Wildman–Crippen LogP) is 3.90. The zero-order valence-corrected chi connectivity index (χ0v) is 13.2. The van der Waals surface area contributed by atoms with Gasteiger partial charge in [-0.3, -0.25) is 4.79 Å². The van der Waals surface area contributed by atoms with E-state index >= 15 is 0 Å². The van der Waals surface area contributed by atoms with Gasteiger partial charge in [0, 0.05) is 23.2 Å². The second-order valence-corrected chi connectivity index (χ2v) is 5.42. The highest BCUT2D eigenvalue weighted by Gasteiger charge is 2.04. The van der Waals surface area contributed by atoms with E-state index in [4.69, 9.17) is 27.9 Å². The summed E-state index contributed by atoms with van der Waals surface area (Å²) in [5.41, 5.74) is 0.565. The Labute approximate surface area is 138 Å². The Morgan fingerprint density at radius 2 is 1.86 bits per heavy atom. The SMILES string of the molecule is O=C(NCCCOc1ccc(O)c(Cl)c1)c1ccc(Cl)cc1. The van der Waals surface area contributed by atoms with E-state index in [1.807, 2.05) is 0 Å². The third-order valence-electron chi connectivity index (χ3n) is 2.90. The molecule has 2 aromatic carbocycles. The average molecular weight is 340 g/mol. The molecule has 0 bridgehead atoms. The number of carbonyl (C=O) groups excluding carboxylic acids is 1. The number of ether oxygens (including phenoxy) is 1. The van der Waals surface area contributed by atoms with Crippen molar-refractivity contribution in [1.82, 2.24) is 5.32 Å². The van der Waals surface area contributed by atoms with Gasteiger partial charge in [0.2, 0.25) is 0 Å². The van der Waals surface area contributed by atoms with Crippen LogP contribution < -0.4 is 10.1 Å². The number of carbonyl (C=O) groups is 1. The molecule has 0 aromatic heterocycles. The van der Waals surface area contributed by atoms with Crippen molar-refractivity contribution in [3.05, 3.63) is 58.1 Å². The van der Waals surface area contributed by atoms with E-state index in [9.17, 15) is 9.90 Å². The van der Waals surface area contributed by atoms with Crippen LogP contribution in [0.5, 0.6) is 11.5 Å². The number of amides is 1. The molecule has 0 radical (unpaired) electrons. The molecule has 22 heavy (non-hydrogen) atoms. The number of halogens is 2. The van der Waals surface area contributed by atoms with Gasteiger partial charge in [0.15, 0.2) is 0 Å². The molecule has 0 heterocycles. The molecule has 0 saturated heterocycles. The Hall–Kier alpha value is -1.91. The average Bonchev–Trinajstić information content (AvgIpc) is 2.51. The van der Waals surface area contributed by atoms with Gasteiger partial charge >= 0.3 is 0 Å². The number of phenols is 1. The fourth-order valence-corrected chi connectivity index (χ4v) is 2.04. The van der Waals surface area contributed by atoms with E-state index < -0.39 is 0 Å². The summed E-state index contributed by atoms with van der Waals surface area (Å²) < 4.78 is 5.48. The molecule has 2 aromatic rings. The molecule has 2 rings (SSSR count). The summed E-state index contributed by atoms with van der Waals surface area (Å²) in [7, 11) is 0. The van der Waals surface area contributed by atoms with Gasteiger partial charge in [0.05, 0.1) is 11.6 Å². The lowest BCUT2D eigenvalue weighted by Gasteiger charge is -2.08. The van der Waals surface area contributed by atoms with E-state index in [2.05, 4.69) is 5.32 Å². The Bertz CT molecular complexity index is 644. The number of hydrogen-bond acceptors (Lipinski definition) is 3. The normalized spacial score (nSPS) is 10.3. The highest BCUT2D eigenvalue weighted by atomic mass is 35.5. The quantitative estimate of drug-likeness (QED) is 0.784. The van der Waals surface area contributed by atoms with Gasteiger partial charge < -0.3 is 15.2 Å². The summed E-state index contributed by atoms with van der Waals surface area (Å²) in [6.45, 7) is 0.926. The van der Waals surface area contributed by atoms with Gasteiger partial charge in [-0.15, -0.1) is 0 Å². The van der Waals surface area contributed by atoms with Crippen molar-refractivity contribution in [3.63, 3.8) is 0 Å². The lowest BCUT2D eigenvalue weighted by atomic mass is 10.2. The number of nitrogens with one attached hydrogen (secondary N) is 1. The van der Waals surface area contributed by atoms with Gasteiger partial charge in [0.25, 0.3) is 5.91 Å². The van der Waals surface area contributed by atoms with Crippen molar-refractivity contribution in [2.45, 2.75) is 6.42 Å². The largest absolute Gasteiger partial charge is 0.506 e. The van der Waals surface area contributed by atoms with Gasteiger partial charge in [-0.05, 0) is 42.8 Å². The maximum atomic E-state index is 11.8. The summed E-state index contributed by atoms with van der Waals surface area (Å²) in [4.78, 5) is 11.8. The van der Waals surface area contributed by atoms with E-state index in [0.29, 0.717) is 35.9 Å². The molecule has 0 aliphatic rings. The molecule has 0 fully saturated rings. The molecule has 4 nitrogen and oxygen atoms in total. The van der Waals surface area contributed by atoms with Crippen LogP contribution in [0.15, 0.2) is 42.5 Å². The standard InChI is InChI=1S/C16H15Cl2NO3/c17-12-4-2-11(3-5-12)16(21)19-8-1-9-22-13-6-7-15(20)14(18)10-13/h2-7,10,20H,1,8-9H2,(H,19,21). The Morgan fingerprint density at radius 3 is 2.55 bits per heavy atom. The number of rotatable bonds is 6. The monoisotopic (exact) mass is 339 g/mol. The molecule has 6 heteroatoms. The van der Waals surface area contributed by atoms with Crippen molar-refractivity contribution in [2.75, 3.05) is 13.2 Å². The highest BCUT2D eigenvalue weighted by molar-refractivity contribution is 6.32. The first-order valence-electron chi connectivity index (χ1n) is 6.71. The zero-order valence-electron chi connectivity index (χ0n) is 11.7. The van der Waals surface area contributed by atoms with Crippen molar-refractivity contribution < 1.29 is 14.6 Å². The minimum absolute atomic E-state index is 0.0178. The highest BCUT2D eigenvalue weighted by Crippen LogP contribution is 2.27. The third-order valence-corrected chi connectivity index (χ3v) is 3.46. The van der Waals surface area contributed by atoms with Crippen LogP contribution in [0.25, 0.3) is 0 Å². The summed E-state index contributed by atoms with van der Waals surface area (Å²) in [6, 6.07) is 11.3. The summed E-state index contributed by atoms with van der Waals surface area (Å²) in [5.74, 6) is 0.445. The molecular formula is C16H15Cl2NO3. The van der Waals surface area contributed by atoms with Crippen LogP contribution >= 0.6 is 23.2 Å². The molecule has 0 atom stereocenters. The molecule has 0 unspecified atom stereocenters. The maximum Gasteiger partial charge on any atom is 0.251 e. The first-order valence-corrected chi connectivity index (χ1v) is 7.47. The minimum Gasteiger partial charge on any atom is -0.506 e.